The fourth-order valence-electron chi connectivity index (χ4n) is 2.36. The van der Waals surface area contributed by atoms with Gasteiger partial charge in [0.25, 0.3) is 0 Å². The first kappa shape index (κ1) is 13.6. The number of benzene rings is 1. The summed E-state index contributed by atoms with van der Waals surface area (Å²) in [6.45, 7) is 6.07. The van der Waals surface area contributed by atoms with Gasteiger partial charge in [-0.3, -0.25) is 9.59 Å². The van der Waals surface area contributed by atoms with E-state index in [1.54, 1.807) is 4.90 Å². The maximum Gasteiger partial charge on any atom is 0.250 e. The van der Waals surface area contributed by atoms with E-state index >= 15 is 0 Å². The van der Waals surface area contributed by atoms with E-state index in [0.717, 1.165) is 17.7 Å². The van der Waals surface area contributed by atoms with Gasteiger partial charge in [-0.05, 0) is 24.5 Å². The number of amides is 2. The van der Waals surface area contributed by atoms with E-state index in [-0.39, 0.29) is 24.3 Å². The molecule has 1 aromatic carbocycles. The monoisotopic (exact) mass is 260 g/mol. The highest BCUT2D eigenvalue weighted by atomic mass is 16.2. The highest BCUT2D eigenvalue weighted by molar-refractivity contribution is 6.07. The molecule has 1 saturated heterocycles. The Balaban J connectivity index is 2.33. The van der Waals surface area contributed by atoms with Crippen molar-refractivity contribution < 1.29 is 9.59 Å². The van der Waals surface area contributed by atoms with E-state index in [0.29, 0.717) is 0 Å². The van der Waals surface area contributed by atoms with Crippen molar-refractivity contribution in [3.8, 4) is 0 Å². The molecule has 1 aromatic rings. The van der Waals surface area contributed by atoms with E-state index in [9.17, 15) is 9.59 Å². The molecule has 1 heterocycles. The first-order chi connectivity index (χ1) is 9.04. The number of piperazine rings is 1. The lowest BCUT2D eigenvalue weighted by molar-refractivity contribution is -0.132. The van der Waals surface area contributed by atoms with Crippen LogP contribution in [0.2, 0.25) is 0 Å². The first-order valence-electron chi connectivity index (χ1n) is 6.71. The summed E-state index contributed by atoms with van der Waals surface area (Å²) in [5, 5.41) is 2.81. The third-order valence-corrected chi connectivity index (χ3v) is 3.77. The van der Waals surface area contributed by atoms with Crippen LogP contribution >= 0.6 is 0 Å². The molecule has 4 nitrogen and oxygen atoms in total. The largest absolute Gasteiger partial charge is 0.342 e. The Morgan fingerprint density at radius 2 is 2.05 bits per heavy atom. The highest BCUT2D eigenvalue weighted by Gasteiger charge is 2.36. The number of hydrogen-bond donors (Lipinski definition) is 1. The van der Waals surface area contributed by atoms with Crippen molar-refractivity contribution in [1.29, 1.82) is 0 Å². The third-order valence-electron chi connectivity index (χ3n) is 3.77. The lowest BCUT2D eigenvalue weighted by Crippen LogP contribution is -2.60. The van der Waals surface area contributed by atoms with Crippen molar-refractivity contribution in [2.45, 2.75) is 33.2 Å². The Bertz CT molecular complexity index is 499. The molecule has 0 saturated carbocycles. The van der Waals surface area contributed by atoms with Gasteiger partial charge in [0.1, 0.15) is 12.6 Å². The van der Waals surface area contributed by atoms with Crippen LogP contribution in [0.5, 0.6) is 0 Å². The summed E-state index contributed by atoms with van der Waals surface area (Å²) < 4.78 is 0. The maximum atomic E-state index is 12.5. The Labute approximate surface area is 113 Å². The summed E-state index contributed by atoms with van der Waals surface area (Å²) in [4.78, 5) is 26.0. The van der Waals surface area contributed by atoms with Gasteiger partial charge in [0.15, 0.2) is 0 Å². The molecule has 1 aliphatic heterocycles. The standard InChI is InChI=1S/C15H20N2O2/c1-4-10(2)14-15(19)17(9-13(18)16-14)12-8-6-5-7-11(12)3/h5-8,10,14H,4,9H2,1-3H3,(H,16,18). The van der Waals surface area contributed by atoms with Gasteiger partial charge in [-0.25, -0.2) is 0 Å². The predicted molar refractivity (Wildman–Crippen MR) is 74.9 cm³/mol. The molecule has 0 spiro atoms. The molecule has 0 bridgehead atoms. The lowest BCUT2D eigenvalue weighted by Gasteiger charge is -2.35. The van der Waals surface area contributed by atoms with Gasteiger partial charge in [0.05, 0.1) is 0 Å². The molecule has 2 unspecified atom stereocenters. The molecule has 1 aliphatic rings. The molecule has 0 aliphatic carbocycles. The van der Waals surface area contributed by atoms with Crippen molar-refractivity contribution in [3.63, 3.8) is 0 Å². The molecule has 0 radical (unpaired) electrons. The summed E-state index contributed by atoms with van der Waals surface area (Å²) >= 11 is 0. The van der Waals surface area contributed by atoms with E-state index in [1.165, 1.54) is 0 Å². The zero-order valence-corrected chi connectivity index (χ0v) is 11.6. The second kappa shape index (κ2) is 5.43. The Kier molecular flexibility index (Phi) is 3.88. The number of para-hydroxylation sites is 1. The van der Waals surface area contributed by atoms with Gasteiger partial charge in [0.2, 0.25) is 11.8 Å². The Morgan fingerprint density at radius 3 is 2.68 bits per heavy atom. The minimum absolute atomic E-state index is 0.0109. The van der Waals surface area contributed by atoms with Gasteiger partial charge >= 0.3 is 0 Å². The van der Waals surface area contributed by atoms with Crippen LogP contribution in [-0.4, -0.2) is 24.4 Å². The van der Waals surface area contributed by atoms with E-state index < -0.39 is 6.04 Å². The molecule has 102 valence electrons. The van der Waals surface area contributed by atoms with Crippen LogP contribution in [0.25, 0.3) is 0 Å². The van der Waals surface area contributed by atoms with Crippen LogP contribution in [0.15, 0.2) is 24.3 Å². The number of nitrogens with one attached hydrogen (secondary N) is 1. The van der Waals surface area contributed by atoms with Gasteiger partial charge in [-0.2, -0.15) is 0 Å². The number of anilines is 1. The van der Waals surface area contributed by atoms with Crippen LogP contribution in [0.4, 0.5) is 5.69 Å². The summed E-state index contributed by atoms with van der Waals surface area (Å²) in [6.07, 6.45) is 0.859. The molecule has 1 fully saturated rings. The van der Waals surface area contributed by atoms with Gasteiger partial charge in [-0.1, -0.05) is 38.5 Å². The number of hydrogen-bond acceptors (Lipinski definition) is 2. The smallest absolute Gasteiger partial charge is 0.250 e. The van der Waals surface area contributed by atoms with Crippen molar-refractivity contribution >= 4 is 17.5 Å². The van der Waals surface area contributed by atoms with E-state index in [2.05, 4.69) is 5.32 Å². The molecular weight excluding hydrogens is 240 g/mol. The normalized spacial score (nSPS) is 21.2. The van der Waals surface area contributed by atoms with E-state index in [4.69, 9.17) is 0 Å². The highest BCUT2D eigenvalue weighted by Crippen LogP contribution is 2.24. The van der Waals surface area contributed by atoms with Crippen LogP contribution < -0.4 is 10.2 Å². The SMILES string of the molecule is CCC(C)C1NC(=O)CN(c2ccccc2C)C1=O. The first-order valence-corrected chi connectivity index (χ1v) is 6.71. The number of rotatable bonds is 3. The number of carbonyl (C=O) groups excluding carboxylic acids is 2. The van der Waals surface area contributed by atoms with Crippen molar-refractivity contribution in [2.75, 3.05) is 11.4 Å². The number of nitrogens with zero attached hydrogens (tertiary/aromatic N) is 1. The quantitative estimate of drug-likeness (QED) is 0.902. The third kappa shape index (κ3) is 2.62. The van der Waals surface area contributed by atoms with Gasteiger partial charge < -0.3 is 10.2 Å². The minimum Gasteiger partial charge on any atom is -0.342 e. The molecule has 2 rings (SSSR count). The Hall–Kier alpha value is -1.84. The van der Waals surface area contributed by atoms with Crippen molar-refractivity contribution in [2.24, 2.45) is 5.92 Å². The lowest BCUT2D eigenvalue weighted by atomic mass is 9.95. The van der Waals surface area contributed by atoms with Crippen LogP contribution in [0.3, 0.4) is 0 Å². The summed E-state index contributed by atoms with van der Waals surface area (Å²) in [6, 6.07) is 7.25. The average molecular weight is 260 g/mol. The van der Waals surface area contributed by atoms with Crippen LogP contribution in [0.1, 0.15) is 25.8 Å². The fourth-order valence-corrected chi connectivity index (χ4v) is 2.36. The van der Waals surface area contributed by atoms with Crippen LogP contribution in [0, 0.1) is 12.8 Å². The molecule has 0 aromatic heterocycles. The molecule has 2 amide bonds. The number of aryl methyl sites for hydroxylation is 1. The predicted octanol–water partition coefficient (Wildman–Crippen LogP) is 1.87. The Morgan fingerprint density at radius 1 is 1.37 bits per heavy atom. The van der Waals surface area contributed by atoms with Crippen LogP contribution in [-0.2, 0) is 9.59 Å². The maximum absolute atomic E-state index is 12.5. The molecule has 1 N–H and O–H groups in total. The number of carbonyl (C=O) groups is 2. The topological polar surface area (TPSA) is 49.4 Å². The zero-order chi connectivity index (χ0) is 14.0. The van der Waals surface area contributed by atoms with Crippen molar-refractivity contribution in [1.82, 2.24) is 5.32 Å². The summed E-state index contributed by atoms with van der Waals surface area (Å²) in [7, 11) is 0. The second-order valence-electron chi connectivity index (χ2n) is 5.14. The molecule has 4 heteroatoms. The molecular formula is C15H20N2O2. The zero-order valence-electron chi connectivity index (χ0n) is 11.6. The second-order valence-corrected chi connectivity index (χ2v) is 5.14. The molecule has 19 heavy (non-hydrogen) atoms. The van der Waals surface area contributed by atoms with E-state index in [1.807, 2.05) is 45.0 Å². The molecule has 2 atom stereocenters. The average Bonchev–Trinajstić information content (AvgIpc) is 2.41. The van der Waals surface area contributed by atoms with Gasteiger partial charge in [0, 0.05) is 5.69 Å². The summed E-state index contributed by atoms with van der Waals surface area (Å²) in [5.41, 5.74) is 1.84. The minimum atomic E-state index is -0.411. The van der Waals surface area contributed by atoms with Gasteiger partial charge in [-0.15, -0.1) is 0 Å². The van der Waals surface area contributed by atoms with Crippen molar-refractivity contribution in [3.05, 3.63) is 29.8 Å². The summed E-state index contributed by atoms with van der Waals surface area (Å²) in [5.74, 6) is 0.0414. The fraction of sp³-hybridized carbons (Fsp3) is 0.467.